The molecule has 4 aliphatic heterocycles. The molecule has 0 aliphatic carbocycles. The van der Waals surface area contributed by atoms with Gasteiger partial charge in [-0.1, -0.05) is 80.6 Å². The number of benzene rings is 5. The Hall–Kier alpha value is -4.02. The van der Waals surface area contributed by atoms with E-state index in [1.165, 1.54) is 32.5 Å². The first-order valence-corrected chi connectivity index (χ1v) is 14.4. The van der Waals surface area contributed by atoms with E-state index >= 15 is 0 Å². The Labute approximate surface area is 232 Å². The van der Waals surface area contributed by atoms with Gasteiger partial charge in [0.25, 0.3) is 5.99 Å². The maximum absolute atomic E-state index is 6.81. The largest absolute Gasteiger partial charge is 0.551 e. The van der Waals surface area contributed by atoms with Gasteiger partial charge >= 0.3 is 6.92 Å². The molecule has 4 heterocycles. The first-order valence-electron chi connectivity index (χ1n) is 13.5. The zero-order valence-electron chi connectivity index (χ0n) is 21.5. The first-order chi connectivity index (χ1) is 19.2. The molecular weight excluding hydrogens is 498 g/mol. The summed E-state index contributed by atoms with van der Waals surface area (Å²) in [4.78, 5) is 1.30. The van der Waals surface area contributed by atoms with Gasteiger partial charge in [0.1, 0.15) is 28.7 Å². The molecule has 3 nitrogen and oxygen atoms in total. The third-order valence-corrected chi connectivity index (χ3v) is 9.73. The van der Waals surface area contributed by atoms with E-state index in [1.807, 2.05) is 17.7 Å². The van der Waals surface area contributed by atoms with E-state index in [9.17, 15) is 0 Å². The van der Waals surface area contributed by atoms with Gasteiger partial charge in [-0.2, -0.15) is 11.6 Å². The second-order valence-corrected chi connectivity index (χ2v) is 12.1. The molecule has 0 unspecified atom stereocenters. The van der Waals surface area contributed by atoms with Crippen molar-refractivity contribution < 1.29 is 14.1 Å². The van der Waals surface area contributed by atoms with Crippen molar-refractivity contribution in [1.29, 1.82) is 0 Å². The molecule has 39 heavy (non-hydrogen) atoms. The zero-order valence-corrected chi connectivity index (χ0v) is 22.3. The van der Waals surface area contributed by atoms with E-state index in [2.05, 4.69) is 98.8 Å². The summed E-state index contributed by atoms with van der Waals surface area (Å²) in [5.41, 5.74) is 10.6. The number of fused-ring (bicyclic) bond motifs is 8. The molecule has 6 heteroatoms. The van der Waals surface area contributed by atoms with Crippen LogP contribution in [0.15, 0.2) is 95.9 Å². The second-order valence-electron chi connectivity index (χ2n) is 10.9. The number of para-hydroxylation sites is 1. The summed E-state index contributed by atoms with van der Waals surface area (Å²) in [5.74, 6) is 4.84. The van der Waals surface area contributed by atoms with E-state index in [1.54, 1.807) is 0 Å². The summed E-state index contributed by atoms with van der Waals surface area (Å²) in [6.07, 6.45) is 0. The van der Waals surface area contributed by atoms with Gasteiger partial charge in [-0.05, 0) is 57.8 Å². The fourth-order valence-corrected chi connectivity index (χ4v) is 8.12. The minimum absolute atomic E-state index is 0.130. The van der Waals surface area contributed by atoms with Crippen LogP contribution in [0.2, 0.25) is 0 Å². The number of rotatable bonds is 1. The van der Waals surface area contributed by atoms with E-state index < -0.39 is 0 Å². The Morgan fingerprint density at radius 2 is 1.23 bits per heavy atom. The van der Waals surface area contributed by atoms with Gasteiger partial charge in [0.05, 0.1) is 0 Å². The molecule has 0 aromatic heterocycles. The van der Waals surface area contributed by atoms with Crippen LogP contribution in [0.25, 0.3) is 22.3 Å². The SMILES string of the molecule is CC(C)c1c2c(cc3c1Oc1cccc4c1B3Sc1ccccc1-4)B1Oc3ccccc3-c3cccc(c31)O2. The van der Waals surface area contributed by atoms with Crippen molar-refractivity contribution in [3.05, 3.63) is 96.6 Å². The van der Waals surface area contributed by atoms with Crippen LogP contribution < -0.4 is 36.0 Å². The molecule has 4 aliphatic rings. The molecule has 5 aromatic carbocycles. The second kappa shape index (κ2) is 7.77. The maximum Gasteiger partial charge on any atom is 0.434 e. The molecule has 0 saturated carbocycles. The van der Waals surface area contributed by atoms with Crippen LogP contribution >= 0.6 is 11.6 Å². The van der Waals surface area contributed by atoms with Crippen molar-refractivity contribution in [2.24, 2.45) is 0 Å². The molecule has 0 fully saturated rings. The van der Waals surface area contributed by atoms with Gasteiger partial charge in [-0.3, -0.25) is 0 Å². The van der Waals surface area contributed by atoms with Crippen molar-refractivity contribution in [1.82, 2.24) is 0 Å². The molecule has 0 bridgehead atoms. The molecule has 9 rings (SSSR count). The monoisotopic (exact) mass is 520 g/mol. The van der Waals surface area contributed by atoms with Crippen molar-refractivity contribution in [2.75, 3.05) is 0 Å². The standard InChI is InChI=1S/C33H22B2O3S/c1-18(2)29-32-23(34-30-21(11-7-14-26(30)36-32)19-9-3-5-13-25(19)38-34)17-24-33(29)37-27-15-8-12-22-20-10-4-6-16-28(20)39-35(24)31(22)27/h3-18H,1-2H3. The Balaban J connectivity index is 1.31. The van der Waals surface area contributed by atoms with E-state index in [4.69, 9.17) is 14.1 Å². The van der Waals surface area contributed by atoms with Crippen LogP contribution in [0.4, 0.5) is 0 Å². The molecular formula is C33H22B2O3S. The van der Waals surface area contributed by atoms with Crippen LogP contribution in [0.1, 0.15) is 25.3 Å². The lowest BCUT2D eigenvalue weighted by molar-refractivity contribution is 0.446. The third-order valence-electron chi connectivity index (χ3n) is 8.39. The normalized spacial score (nSPS) is 14.5. The van der Waals surface area contributed by atoms with E-state index in [0.29, 0.717) is 0 Å². The minimum Gasteiger partial charge on any atom is -0.551 e. The third kappa shape index (κ3) is 2.87. The average molecular weight is 520 g/mol. The van der Waals surface area contributed by atoms with Crippen LogP contribution in [0.5, 0.6) is 28.7 Å². The zero-order chi connectivity index (χ0) is 25.8. The quantitative estimate of drug-likeness (QED) is 0.251. The topological polar surface area (TPSA) is 27.7 Å². The predicted octanol–water partition coefficient (Wildman–Crippen LogP) is 6.06. The first kappa shape index (κ1) is 21.9. The van der Waals surface area contributed by atoms with Crippen LogP contribution in [0, 0.1) is 0 Å². The lowest BCUT2D eigenvalue weighted by Crippen LogP contribution is -2.56. The summed E-state index contributed by atoms with van der Waals surface area (Å²) < 4.78 is 20.4. The summed E-state index contributed by atoms with van der Waals surface area (Å²) >= 11 is 1.92. The number of ether oxygens (including phenoxy) is 2. The fourth-order valence-electron chi connectivity index (χ4n) is 6.74. The smallest absolute Gasteiger partial charge is 0.434 e. The summed E-state index contributed by atoms with van der Waals surface area (Å²) in [6, 6.07) is 32.1. The average Bonchev–Trinajstić information content (AvgIpc) is 2.96. The Kier molecular flexibility index (Phi) is 4.35. The molecule has 5 aromatic rings. The lowest BCUT2D eigenvalue weighted by Gasteiger charge is -2.38. The van der Waals surface area contributed by atoms with Gasteiger partial charge in [-0.15, -0.1) is 0 Å². The summed E-state index contributed by atoms with van der Waals surface area (Å²) in [7, 11) is 0. The predicted molar refractivity (Wildman–Crippen MR) is 161 cm³/mol. The van der Waals surface area contributed by atoms with Crippen LogP contribution in [-0.2, 0) is 0 Å². The maximum atomic E-state index is 6.81. The molecule has 0 N–H and O–H groups in total. The molecule has 0 saturated heterocycles. The van der Waals surface area contributed by atoms with Crippen LogP contribution in [-0.4, -0.2) is 12.9 Å². The van der Waals surface area contributed by atoms with Gasteiger partial charge in [-0.25, -0.2) is 0 Å². The van der Waals surface area contributed by atoms with Crippen molar-refractivity contribution in [3.63, 3.8) is 0 Å². The number of hydrogen-bond donors (Lipinski definition) is 0. The molecule has 0 radical (unpaired) electrons. The Morgan fingerprint density at radius 1 is 0.615 bits per heavy atom. The number of hydrogen-bond acceptors (Lipinski definition) is 4. The van der Waals surface area contributed by atoms with Gasteiger partial charge in [0, 0.05) is 26.9 Å². The van der Waals surface area contributed by atoms with Crippen LogP contribution in [0.3, 0.4) is 0 Å². The van der Waals surface area contributed by atoms with Crippen molar-refractivity contribution in [2.45, 2.75) is 24.7 Å². The molecule has 0 atom stereocenters. The highest BCUT2D eigenvalue weighted by Gasteiger charge is 2.46. The highest BCUT2D eigenvalue weighted by molar-refractivity contribution is 8.28. The molecule has 184 valence electrons. The van der Waals surface area contributed by atoms with E-state index in [0.717, 1.165) is 50.8 Å². The van der Waals surface area contributed by atoms with Gasteiger partial charge in [0.2, 0.25) is 0 Å². The van der Waals surface area contributed by atoms with Crippen molar-refractivity contribution in [3.8, 4) is 51.0 Å². The summed E-state index contributed by atoms with van der Waals surface area (Å²) in [6.45, 7) is 4.21. The summed E-state index contributed by atoms with van der Waals surface area (Å²) in [5, 5.41) is 0. The van der Waals surface area contributed by atoms with Gasteiger partial charge < -0.3 is 14.1 Å². The minimum atomic E-state index is -0.241. The molecule has 0 amide bonds. The highest BCUT2D eigenvalue weighted by Crippen LogP contribution is 2.47. The Morgan fingerprint density at radius 3 is 2.03 bits per heavy atom. The highest BCUT2D eigenvalue weighted by atomic mass is 32.2. The van der Waals surface area contributed by atoms with Gasteiger partial charge in [0.15, 0.2) is 0 Å². The van der Waals surface area contributed by atoms with Crippen molar-refractivity contribution >= 4 is 46.4 Å². The Bertz CT molecular complexity index is 1750. The lowest BCUT2D eigenvalue weighted by atomic mass is 9.48. The van der Waals surface area contributed by atoms with E-state index in [-0.39, 0.29) is 18.8 Å². The fraction of sp³-hybridized carbons (Fsp3) is 0.0909. The molecule has 0 spiro atoms.